The van der Waals surface area contributed by atoms with Crippen molar-refractivity contribution in [3.8, 4) is 0 Å². The first-order valence-electron chi connectivity index (χ1n) is 8.62. The van der Waals surface area contributed by atoms with Gasteiger partial charge in [-0.05, 0) is 30.5 Å². The molecule has 24 heavy (non-hydrogen) atoms. The van der Waals surface area contributed by atoms with Gasteiger partial charge in [-0.3, -0.25) is 4.79 Å². The van der Waals surface area contributed by atoms with Crippen LogP contribution in [0.2, 0.25) is 0 Å². The Morgan fingerprint density at radius 2 is 1.29 bits per heavy atom. The van der Waals surface area contributed by atoms with E-state index in [4.69, 9.17) is 5.11 Å². The molecule has 0 aliphatic rings. The normalized spacial score (nSPS) is 10.4. The number of hydrogen-bond donors (Lipinski definition) is 1. The van der Waals surface area contributed by atoms with Crippen LogP contribution in [0.15, 0.2) is 60.2 Å². The summed E-state index contributed by atoms with van der Waals surface area (Å²) in [6.07, 6.45) is 0.0537. The molecule has 0 amide bonds. The number of benzene rings is 2. The molecular weight excluding hydrogens is 296 g/mol. The van der Waals surface area contributed by atoms with Crippen LogP contribution in [0.1, 0.15) is 57.7 Å². The van der Waals surface area contributed by atoms with Crippen molar-refractivity contribution in [3.63, 3.8) is 0 Å². The van der Waals surface area contributed by atoms with Crippen LogP contribution in [0.3, 0.4) is 0 Å². The highest BCUT2D eigenvalue weighted by atomic mass is 16.4. The van der Waals surface area contributed by atoms with Gasteiger partial charge in [0.2, 0.25) is 0 Å². The predicted octanol–water partition coefficient (Wildman–Crippen LogP) is 6.34. The highest BCUT2D eigenvalue weighted by Crippen LogP contribution is 2.28. The molecule has 0 heterocycles. The topological polar surface area (TPSA) is 37.3 Å². The van der Waals surface area contributed by atoms with Gasteiger partial charge in [-0.25, -0.2) is 0 Å². The van der Waals surface area contributed by atoms with Gasteiger partial charge in [-0.1, -0.05) is 93.4 Å². The molecule has 2 nitrogen and oxygen atoms in total. The molecule has 0 radical (unpaired) electrons. The van der Waals surface area contributed by atoms with Gasteiger partial charge in [-0.15, -0.1) is 0 Å². The zero-order valence-corrected chi connectivity index (χ0v) is 15.8. The van der Waals surface area contributed by atoms with Gasteiger partial charge in [0.1, 0.15) is 0 Å². The number of aliphatic carboxylic acids is 1. The summed E-state index contributed by atoms with van der Waals surface area (Å²) in [5.41, 5.74) is 5.17. The maximum absolute atomic E-state index is 11.0. The minimum atomic E-state index is -0.803. The van der Waals surface area contributed by atoms with Crippen molar-refractivity contribution in [1.82, 2.24) is 0 Å². The number of carbonyl (C=O) groups is 1. The van der Waals surface area contributed by atoms with Crippen LogP contribution in [0.4, 0.5) is 0 Å². The smallest absolute Gasteiger partial charge is 0.307 e. The molecule has 2 rings (SSSR count). The van der Waals surface area contributed by atoms with Crippen LogP contribution in [0, 0.1) is 6.92 Å². The van der Waals surface area contributed by atoms with Crippen LogP contribution in [0.25, 0.3) is 5.57 Å². The Kier molecular flexibility index (Phi) is 10.9. The molecule has 2 aromatic carbocycles. The lowest BCUT2D eigenvalue weighted by Gasteiger charge is -2.13. The van der Waals surface area contributed by atoms with Gasteiger partial charge >= 0.3 is 5.97 Å². The number of carboxylic acid groups (broad SMARTS) is 1. The fraction of sp³-hybridized carbons (Fsp3) is 0.318. The van der Waals surface area contributed by atoms with Crippen molar-refractivity contribution in [3.05, 3.63) is 76.9 Å². The minimum Gasteiger partial charge on any atom is -0.481 e. The van der Waals surface area contributed by atoms with Crippen molar-refractivity contribution in [2.75, 3.05) is 0 Å². The first kappa shape index (κ1) is 21.7. The maximum atomic E-state index is 11.0. The second-order valence-corrected chi connectivity index (χ2v) is 4.96. The van der Waals surface area contributed by atoms with E-state index in [1.165, 1.54) is 5.56 Å². The zero-order chi connectivity index (χ0) is 18.5. The first-order chi connectivity index (χ1) is 11.6. The van der Waals surface area contributed by atoms with E-state index in [1.54, 1.807) is 0 Å². The molecular formula is C22H30O2. The summed E-state index contributed by atoms with van der Waals surface area (Å²) in [6, 6.07) is 18.1. The fourth-order valence-corrected chi connectivity index (χ4v) is 2.30. The van der Waals surface area contributed by atoms with E-state index in [0.29, 0.717) is 0 Å². The molecule has 0 aliphatic carbocycles. The quantitative estimate of drug-likeness (QED) is 0.711. The zero-order valence-electron chi connectivity index (χ0n) is 15.8. The monoisotopic (exact) mass is 326 g/mol. The van der Waals surface area contributed by atoms with Crippen molar-refractivity contribution in [2.45, 2.75) is 48.0 Å². The molecule has 0 aromatic heterocycles. The summed E-state index contributed by atoms with van der Waals surface area (Å²) < 4.78 is 0. The minimum absolute atomic E-state index is 0.0537. The average molecular weight is 326 g/mol. The lowest BCUT2D eigenvalue weighted by molar-refractivity contribution is -0.136. The summed E-state index contributed by atoms with van der Waals surface area (Å²) >= 11 is 0. The Hall–Kier alpha value is -2.35. The molecule has 0 unspecified atom stereocenters. The largest absolute Gasteiger partial charge is 0.481 e. The molecule has 0 bridgehead atoms. The van der Waals surface area contributed by atoms with Crippen molar-refractivity contribution in [2.24, 2.45) is 0 Å². The summed E-state index contributed by atoms with van der Waals surface area (Å²) in [6.45, 7) is 11.9. The summed E-state index contributed by atoms with van der Waals surface area (Å²) in [4.78, 5) is 11.0. The van der Waals surface area contributed by atoms with E-state index in [2.05, 4.69) is 0 Å². The van der Waals surface area contributed by atoms with Gasteiger partial charge in [-0.2, -0.15) is 0 Å². The number of aryl methyl sites for hydroxylation is 1. The molecule has 130 valence electrons. The second kappa shape index (κ2) is 12.1. The second-order valence-electron chi connectivity index (χ2n) is 4.96. The number of rotatable bonds is 4. The predicted molar refractivity (Wildman–Crippen MR) is 104 cm³/mol. The third-order valence-electron chi connectivity index (χ3n) is 3.25. The Labute approximate surface area is 146 Å². The molecule has 0 saturated heterocycles. The lowest BCUT2D eigenvalue weighted by atomic mass is 9.92. The van der Waals surface area contributed by atoms with Gasteiger partial charge in [0.15, 0.2) is 0 Å². The van der Waals surface area contributed by atoms with Crippen molar-refractivity contribution in [1.29, 1.82) is 0 Å². The Morgan fingerprint density at radius 1 is 0.833 bits per heavy atom. The number of carboxylic acids is 1. The maximum Gasteiger partial charge on any atom is 0.307 e. The molecule has 0 spiro atoms. The Morgan fingerprint density at radius 3 is 1.75 bits per heavy atom. The van der Waals surface area contributed by atoms with E-state index >= 15 is 0 Å². The number of hydrogen-bond acceptors (Lipinski definition) is 1. The van der Waals surface area contributed by atoms with E-state index in [9.17, 15) is 4.79 Å². The highest BCUT2D eigenvalue weighted by molar-refractivity contribution is 5.85. The molecule has 1 N–H and O–H groups in total. The Balaban J connectivity index is 0.00000123. The highest BCUT2D eigenvalue weighted by Gasteiger charge is 2.11. The van der Waals surface area contributed by atoms with E-state index in [-0.39, 0.29) is 6.42 Å². The third-order valence-corrected chi connectivity index (χ3v) is 3.25. The van der Waals surface area contributed by atoms with Crippen molar-refractivity contribution >= 4 is 11.5 Å². The van der Waals surface area contributed by atoms with Gasteiger partial charge < -0.3 is 5.11 Å². The molecule has 0 saturated carbocycles. The molecule has 0 fully saturated rings. The summed E-state index contributed by atoms with van der Waals surface area (Å²) in [5, 5.41) is 9.04. The van der Waals surface area contributed by atoms with Crippen LogP contribution in [-0.4, -0.2) is 11.1 Å². The SMILES string of the molecule is C/C(CC(=O)O)=C(\c1ccccc1)c1ccc(C)cc1.CC.CC. The molecule has 2 aromatic rings. The summed E-state index contributed by atoms with van der Waals surface area (Å²) in [5.74, 6) is -0.803. The van der Waals surface area contributed by atoms with Gasteiger partial charge in [0.05, 0.1) is 6.42 Å². The van der Waals surface area contributed by atoms with Gasteiger partial charge in [0, 0.05) is 0 Å². The van der Waals surface area contributed by atoms with E-state index < -0.39 is 5.97 Å². The van der Waals surface area contributed by atoms with Crippen LogP contribution >= 0.6 is 0 Å². The van der Waals surface area contributed by atoms with Crippen LogP contribution in [0.5, 0.6) is 0 Å². The van der Waals surface area contributed by atoms with Crippen molar-refractivity contribution < 1.29 is 9.90 Å². The molecule has 0 atom stereocenters. The standard InChI is InChI=1S/C18H18O2.2C2H6/c1-13-8-10-16(11-9-13)18(14(2)12-17(19)20)15-6-4-3-5-7-15;2*1-2/h3-11H,12H2,1-2H3,(H,19,20);2*1-2H3/b18-14-;;. The fourth-order valence-electron chi connectivity index (χ4n) is 2.30. The van der Waals surface area contributed by atoms with Crippen LogP contribution in [-0.2, 0) is 4.79 Å². The van der Waals surface area contributed by atoms with E-state index in [0.717, 1.165) is 22.3 Å². The average Bonchev–Trinajstić information content (AvgIpc) is 2.61. The van der Waals surface area contributed by atoms with Crippen LogP contribution < -0.4 is 0 Å². The first-order valence-corrected chi connectivity index (χ1v) is 8.62. The summed E-state index contributed by atoms with van der Waals surface area (Å²) in [7, 11) is 0. The molecule has 2 heteroatoms. The van der Waals surface area contributed by atoms with Gasteiger partial charge in [0.25, 0.3) is 0 Å². The molecule has 0 aliphatic heterocycles. The third kappa shape index (κ3) is 6.82. The van der Waals surface area contributed by atoms with E-state index in [1.807, 2.05) is 96.1 Å². The lowest BCUT2D eigenvalue weighted by Crippen LogP contribution is -1.99. The Bertz CT molecular complexity index is 623.